The molecule has 7 heteroatoms. The summed E-state index contributed by atoms with van der Waals surface area (Å²) in [6, 6.07) is 0. The first kappa shape index (κ1) is 22.4. The SMILES string of the molecule is CC.CC.COC(CCn1cc(C)c(=O)[nH]c1=O)COC=O. The zero-order valence-corrected chi connectivity index (χ0v) is 14.3. The fourth-order valence-corrected chi connectivity index (χ4v) is 1.48. The van der Waals surface area contributed by atoms with Gasteiger partial charge >= 0.3 is 5.69 Å². The Balaban J connectivity index is 0. The summed E-state index contributed by atoms with van der Waals surface area (Å²) in [5, 5.41) is 0. The summed E-state index contributed by atoms with van der Waals surface area (Å²) < 4.78 is 11.1. The van der Waals surface area contributed by atoms with Gasteiger partial charge in [0.25, 0.3) is 12.0 Å². The molecule has 0 amide bonds. The molecule has 0 aliphatic carbocycles. The van der Waals surface area contributed by atoms with Crippen molar-refractivity contribution in [3.05, 3.63) is 32.6 Å². The molecule has 22 heavy (non-hydrogen) atoms. The quantitative estimate of drug-likeness (QED) is 0.769. The minimum absolute atomic E-state index is 0.136. The average Bonchev–Trinajstić information content (AvgIpc) is 2.56. The number of carbonyl (C=O) groups excluding carboxylic acids is 1. The molecule has 0 spiro atoms. The number of aromatic nitrogens is 2. The lowest BCUT2D eigenvalue weighted by Gasteiger charge is -2.14. The first-order valence-electron chi connectivity index (χ1n) is 7.47. The molecule has 1 unspecified atom stereocenters. The highest BCUT2D eigenvalue weighted by atomic mass is 16.5. The van der Waals surface area contributed by atoms with Crippen molar-refractivity contribution >= 4 is 6.47 Å². The number of nitrogens with zero attached hydrogens (tertiary/aromatic N) is 1. The Kier molecular flexibility index (Phi) is 14.3. The second-order valence-corrected chi connectivity index (χ2v) is 3.84. The average molecular weight is 316 g/mol. The molecule has 0 aromatic carbocycles. The number of rotatable bonds is 7. The third kappa shape index (κ3) is 8.41. The van der Waals surface area contributed by atoms with Gasteiger partial charge in [-0.3, -0.25) is 14.6 Å². The highest BCUT2D eigenvalue weighted by Crippen LogP contribution is 2.00. The van der Waals surface area contributed by atoms with E-state index in [1.165, 1.54) is 17.9 Å². The third-order valence-electron chi connectivity index (χ3n) is 2.56. The van der Waals surface area contributed by atoms with Crippen molar-refractivity contribution in [1.82, 2.24) is 9.55 Å². The molecule has 1 aromatic rings. The minimum Gasteiger partial charge on any atom is -0.465 e. The highest BCUT2D eigenvalue weighted by molar-refractivity contribution is 5.36. The van der Waals surface area contributed by atoms with Crippen LogP contribution in [0, 0.1) is 6.92 Å². The van der Waals surface area contributed by atoms with E-state index in [2.05, 4.69) is 9.72 Å². The summed E-state index contributed by atoms with van der Waals surface area (Å²) >= 11 is 0. The van der Waals surface area contributed by atoms with Crippen LogP contribution in [0.4, 0.5) is 0 Å². The van der Waals surface area contributed by atoms with Gasteiger partial charge in [0, 0.05) is 25.4 Å². The van der Waals surface area contributed by atoms with Crippen LogP contribution in [-0.4, -0.2) is 35.8 Å². The molecule has 0 bridgehead atoms. The Labute approximate surface area is 131 Å². The van der Waals surface area contributed by atoms with Gasteiger partial charge in [-0.05, 0) is 13.3 Å². The van der Waals surface area contributed by atoms with E-state index in [0.717, 1.165) is 0 Å². The van der Waals surface area contributed by atoms with Gasteiger partial charge < -0.3 is 14.0 Å². The van der Waals surface area contributed by atoms with Crippen LogP contribution in [0.15, 0.2) is 15.8 Å². The molecule has 7 nitrogen and oxygen atoms in total. The number of carbonyl (C=O) groups is 1. The molecular formula is C15H28N2O5. The van der Waals surface area contributed by atoms with Gasteiger partial charge in [-0.15, -0.1) is 0 Å². The van der Waals surface area contributed by atoms with Crippen molar-refractivity contribution in [3.8, 4) is 0 Å². The zero-order chi connectivity index (χ0) is 17.5. The van der Waals surface area contributed by atoms with Gasteiger partial charge in [0.1, 0.15) is 6.61 Å². The van der Waals surface area contributed by atoms with Crippen LogP contribution in [0.2, 0.25) is 0 Å². The molecule has 0 saturated heterocycles. The second kappa shape index (κ2) is 14.1. The lowest BCUT2D eigenvalue weighted by Crippen LogP contribution is -2.32. The van der Waals surface area contributed by atoms with E-state index in [4.69, 9.17) is 4.74 Å². The molecule has 128 valence electrons. The summed E-state index contributed by atoms with van der Waals surface area (Å²) in [5.74, 6) is 0. The highest BCUT2D eigenvalue weighted by Gasteiger charge is 2.09. The number of H-pyrrole nitrogens is 1. The molecule has 0 aliphatic rings. The number of hydrogen-bond acceptors (Lipinski definition) is 5. The van der Waals surface area contributed by atoms with E-state index in [1.807, 2.05) is 27.7 Å². The van der Waals surface area contributed by atoms with Gasteiger partial charge in [0.2, 0.25) is 0 Å². The number of methoxy groups -OCH3 is 1. The Morgan fingerprint density at radius 2 is 1.86 bits per heavy atom. The summed E-state index contributed by atoms with van der Waals surface area (Å²) in [5.41, 5.74) is -0.381. The summed E-state index contributed by atoms with van der Waals surface area (Å²) in [4.78, 5) is 34.9. The van der Waals surface area contributed by atoms with Crippen LogP contribution < -0.4 is 11.2 Å². The molecule has 1 N–H and O–H groups in total. The number of hydrogen-bond donors (Lipinski definition) is 1. The fourth-order valence-electron chi connectivity index (χ4n) is 1.48. The van der Waals surface area contributed by atoms with Crippen LogP contribution in [0.3, 0.4) is 0 Å². The molecule has 1 rings (SSSR count). The molecule has 0 radical (unpaired) electrons. The van der Waals surface area contributed by atoms with E-state index in [-0.39, 0.29) is 18.3 Å². The molecule has 1 atom stereocenters. The first-order valence-corrected chi connectivity index (χ1v) is 7.47. The van der Waals surface area contributed by atoms with Crippen molar-refractivity contribution in [3.63, 3.8) is 0 Å². The monoisotopic (exact) mass is 316 g/mol. The van der Waals surface area contributed by atoms with Crippen molar-refractivity contribution in [2.75, 3.05) is 13.7 Å². The fraction of sp³-hybridized carbons (Fsp3) is 0.667. The van der Waals surface area contributed by atoms with Crippen molar-refractivity contribution in [2.45, 2.75) is 53.7 Å². The van der Waals surface area contributed by atoms with Crippen molar-refractivity contribution in [1.29, 1.82) is 0 Å². The van der Waals surface area contributed by atoms with E-state index in [1.54, 1.807) is 6.92 Å². The normalized spacial score (nSPS) is 10.5. The van der Waals surface area contributed by atoms with Gasteiger partial charge in [0.15, 0.2) is 0 Å². The van der Waals surface area contributed by atoms with Crippen LogP contribution in [0.5, 0.6) is 0 Å². The van der Waals surface area contributed by atoms with Gasteiger partial charge in [-0.25, -0.2) is 4.79 Å². The Morgan fingerprint density at radius 3 is 2.36 bits per heavy atom. The predicted molar refractivity (Wildman–Crippen MR) is 86.2 cm³/mol. The Morgan fingerprint density at radius 1 is 1.27 bits per heavy atom. The van der Waals surface area contributed by atoms with Gasteiger partial charge in [-0.2, -0.15) is 0 Å². The molecule has 1 aromatic heterocycles. The number of nitrogens with one attached hydrogen (secondary N) is 1. The number of aromatic amines is 1. The van der Waals surface area contributed by atoms with Crippen molar-refractivity contribution < 1.29 is 14.3 Å². The molecule has 0 saturated carbocycles. The summed E-state index contributed by atoms with van der Waals surface area (Å²) in [6.07, 6.45) is 1.71. The summed E-state index contributed by atoms with van der Waals surface area (Å²) in [7, 11) is 1.50. The molecule has 1 heterocycles. The summed E-state index contributed by atoms with van der Waals surface area (Å²) in [6.45, 7) is 10.5. The first-order chi connectivity index (χ1) is 10.6. The number of aryl methyl sites for hydroxylation is 2. The van der Waals surface area contributed by atoms with E-state index >= 15 is 0 Å². The second-order valence-electron chi connectivity index (χ2n) is 3.84. The van der Waals surface area contributed by atoms with Crippen LogP contribution in [0.1, 0.15) is 39.7 Å². The topological polar surface area (TPSA) is 90.4 Å². The largest absolute Gasteiger partial charge is 0.465 e. The minimum atomic E-state index is -0.461. The maximum Gasteiger partial charge on any atom is 0.328 e. The lowest BCUT2D eigenvalue weighted by molar-refractivity contribution is -0.132. The van der Waals surface area contributed by atoms with Gasteiger partial charge in [0.05, 0.1) is 6.10 Å². The van der Waals surface area contributed by atoms with Crippen molar-refractivity contribution in [2.24, 2.45) is 0 Å². The van der Waals surface area contributed by atoms with Crippen LogP contribution >= 0.6 is 0 Å². The van der Waals surface area contributed by atoms with Crippen LogP contribution in [-0.2, 0) is 20.8 Å². The van der Waals surface area contributed by atoms with E-state index in [9.17, 15) is 14.4 Å². The molecule has 0 fully saturated rings. The Hall–Kier alpha value is -1.89. The van der Waals surface area contributed by atoms with Gasteiger partial charge in [-0.1, -0.05) is 27.7 Å². The van der Waals surface area contributed by atoms with E-state index in [0.29, 0.717) is 25.0 Å². The maximum atomic E-state index is 11.5. The number of ether oxygens (including phenoxy) is 2. The zero-order valence-electron chi connectivity index (χ0n) is 14.3. The lowest BCUT2D eigenvalue weighted by atomic mass is 10.2. The predicted octanol–water partition coefficient (Wildman–Crippen LogP) is 1.48. The van der Waals surface area contributed by atoms with Crippen LogP contribution in [0.25, 0.3) is 0 Å². The standard InChI is InChI=1S/C11H16N2O5.2C2H6/c1-8-5-13(11(16)12-10(8)15)4-3-9(17-2)6-18-7-14;2*1-2/h5,7,9H,3-4,6H2,1-2H3,(H,12,15,16);2*1-2H3. The smallest absolute Gasteiger partial charge is 0.328 e. The Bertz CT molecular complexity index is 507. The third-order valence-corrected chi connectivity index (χ3v) is 2.56. The maximum absolute atomic E-state index is 11.5. The van der Waals surface area contributed by atoms with E-state index < -0.39 is 5.69 Å². The molecular weight excluding hydrogens is 288 g/mol. The molecule has 0 aliphatic heterocycles.